The number of benzene rings is 1. The highest BCUT2D eigenvalue weighted by atomic mass is 16.5. The van der Waals surface area contributed by atoms with E-state index in [1.54, 1.807) is 19.2 Å². The Morgan fingerprint density at radius 2 is 1.86 bits per heavy atom. The second-order valence-electron chi connectivity index (χ2n) is 4.31. The number of carbonyl (C=O) groups excluding carboxylic acids is 2. The lowest BCUT2D eigenvalue weighted by Gasteiger charge is -2.17. The minimum absolute atomic E-state index is 0.185. The molecule has 0 saturated heterocycles. The average Bonchev–Trinajstić information content (AvgIpc) is 2.53. The second kappa shape index (κ2) is 6.51. The summed E-state index contributed by atoms with van der Waals surface area (Å²) in [6.45, 7) is -0.372. The van der Waals surface area contributed by atoms with Gasteiger partial charge in [-0.25, -0.2) is 4.79 Å². The molecule has 21 heavy (non-hydrogen) atoms. The third kappa shape index (κ3) is 3.79. The third-order valence-corrected chi connectivity index (χ3v) is 2.86. The molecule has 2 aromatic rings. The molecule has 1 aromatic carbocycles. The number of likely N-dealkylation sites (N-methyl/N-ethyl adjacent to an activating group) is 1. The first-order valence-electron chi connectivity index (χ1n) is 6.25. The lowest BCUT2D eigenvalue weighted by Crippen LogP contribution is -2.31. The van der Waals surface area contributed by atoms with Crippen molar-refractivity contribution in [3.63, 3.8) is 0 Å². The molecule has 0 aliphatic rings. The van der Waals surface area contributed by atoms with E-state index in [0.717, 1.165) is 0 Å². The summed E-state index contributed by atoms with van der Waals surface area (Å²) in [6, 6.07) is 11.6. The topological polar surface area (TPSA) is 79.5 Å². The molecule has 0 aliphatic heterocycles. The van der Waals surface area contributed by atoms with E-state index >= 15 is 0 Å². The number of ether oxygens (including phenoxy) is 1. The van der Waals surface area contributed by atoms with Gasteiger partial charge in [-0.05, 0) is 18.2 Å². The van der Waals surface area contributed by atoms with Gasteiger partial charge in [0.05, 0.1) is 5.56 Å². The van der Waals surface area contributed by atoms with Gasteiger partial charge < -0.3 is 14.6 Å². The smallest absolute Gasteiger partial charge is 0.340 e. The molecule has 0 fully saturated rings. The number of para-hydroxylation sites is 1. The highest BCUT2D eigenvalue weighted by molar-refractivity contribution is 5.96. The minimum Gasteiger partial charge on any atom is -0.452 e. The molecule has 0 radical (unpaired) electrons. The van der Waals surface area contributed by atoms with Crippen LogP contribution in [0.25, 0.3) is 0 Å². The number of hydrogen-bond acceptors (Lipinski definition) is 4. The van der Waals surface area contributed by atoms with Crippen LogP contribution in [0.15, 0.2) is 53.5 Å². The van der Waals surface area contributed by atoms with E-state index in [1.165, 1.54) is 23.2 Å². The molecule has 0 saturated carbocycles. The van der Waals surface area contributed by atoms with Gasteiger partial charge in [-0.3, -0.25) is 9.59 Å². The summed E-state index contributed by atoms with van der Waals surface area (Å²) in [4.78, 5) is 38.3. The standard InChI is InChI=1S/C15H14N2O4/c1-17(12-5-3-2-4-6-12)14(19)10-21-15(20)11-7-8-13(18)16-9-11/h2-9H,10H2,1H3,(H,16,18). The first-order valence-corrected chi connectivity index (χ1v) is 6.25. The molecule has 1 aromatic heterocycles. The number of H-pyrrole nitrogens is 1. The number of carbonyl (C=O) groups is 2. The zero-order valence-electron chi connectivity index (χ0n) is 11.4. The van der Waals surface area contributed by atoms with Crippen molar-refractivity contribution >= 4 is 17.6 Å². The Labute approximate surface area is 121 Å². The predicted molar refractivity (Wildman–Crippen MR) is 77.2 cm³/mol. The molecular formula is C15H14N2O4. The SMILES string of the molecule is CN(C(=O)COC(=O)c1ccc(=O)[nH]c1)c1ccccc1. The third-order valence-electron chi connectivity index (χ3n) is 2.86. The summed E-state index contributed by atoms with van der Waals surface area (Å²) in [5.74, 6) is -1.01. The summed E-state index contributed by atoms with van der Waals surface area (Å²) < 4.78 is 4.92. The summed E-state index contributed by atoms with van der Waals surface area (Å²) in [6.07, 6.45) is 1.25. The molecule has 2 rings (SSSR count). The highest BCUT2D eigenvalue weighted by Crippen LogP contribution is 2.11. The quantitative estimate of drug-likeness (QED) is 0.856. The van der Waals surface area contributed by atoms with Gasteiger partial charge in [0.2, 0.25) is 5.56 Å². The van der Waals surface area contributed by atoms with Gasteiger partial charge in [-0.1, -0.05) is 18.2 Å². The zero-order chi connectivity index (χ0) is 15.2. The Hall–Kier alpha value is -2.89. The molecule has 6 heteroatoms. The van der Waals surface area contributed by atoms with Crippen molar-refractivity contribution < 1.29 is 14.3 Å². The van der Waals surface area contributed by atoms with Crippen LogP contribution in [0.1, 0.15) is 10.4 Å². The van der Waals surface area contributed by atoms with Gasteiger partial charge in [0.15, 0.2) is 6.61 Å². The van der Waals surface area contributed by atoms with Crippen LogP contribution in [0.3, 0.4) is 0 Å². The molecule has 0 aliphatic carbocycles. The highest BCUT2D eigenvalue weighted by Gasteiger charge is 2.14. The molecule has 108 valence electrons. The number of pyridine rings is 1. The van der Waals surface area contributed by atoms with Gasteiger partial charge in [-0.15, -0.1) is 0 Å². The predicted octanol–water partition coefficient (Wildman–Crippen LogP) is 1.19. The molecular weight excluding hydrogens is 272 g/mol. The van der Waals surface area contributed by atoms with Gasteiger partial charge in [-0.2, -0.15) is 0 Å². The monoisotopic (exact) mass is 286 g/mol. The van der Waals surface area contributed by atoms with Crippen molar-refractivity contribution in [2.24, 2.45) is 0 Å². The Balaban J connectivity index is 1.93. The van der Waals surface area contributed by atoms with Crippen LogP contribution in [-0.4, -0.2) is 30.5 Å². The van der Waals surface area contributed by atoms with Gasteiger partial charge >= 0.3 is 5.97 Å². The van der Waals surface area contributed by atoms with Gasteiger partial charge in [0.25, 0.3) is 5.91 Å². The van der Waals surface area contributed by atoms with Crippen LogP contribution >= 0.6 is 0 Å². The molecule has 0 unspecified atom stereocenters. The van der Waals surface area contributed by atoms with Crippen LogP contribution in [0, 0.1) is 0 Å². The number of hydrogen-bond donors (Lipinski definition) is 1. The van der Waals surface area contributed by atoms with E-state index in [-0.39, 0.29) is 23.6 Å². The van der Waals surface area contributed by atoms with E-state index in [0.29, 0.717) is 5.69 Å². The Morgan fingerprint density at radius 1 is 1.14 bits per heavy atom. The number of nitrogens with zero attached hydrogens (tertiary/aromatic N) is 1. The fraction of sp³-hybridized carbons (Fsp3) is 0.133. The molecule has 0 atom stereocenters. The fourth-order valence-corrected chi connectivity index (χ4v) is 1.64. The number of anilines is 1. The maximum atomic E-state index is 11.9. The van der Waals surface area contributed by atoms with E-state index in [9.17, 15) is 14.4 Å². The van der Waals surface area contributed by atoms with Crippen LogP contribution in [0.2, 0.25) is 0 Å². The first-order chi connectivity index (χ1) is 10.1. The summed E-state index contributed by atoms with van der Waals surface area (Å²) in [5, 5.41) is 0. The van der Waals surface area contributed by atoms with E-state index in [1.807, 2.05) is 18.2 Å². The van der Waals surface area contributed by atoms with E-state index < -0.39 is 5.97 Å². The van der Waals surface area contributed by atoms with Gasteiger partial charge in [0.1, 0.15) is 0 Å². The van der Waals surface area contributed by atoms with Crippen LogP contribution in [0.5, 0.6) is 0 Å². The Kier molecular flexibility index (Phi) is 4.50. The summed E-state index contributed by atoms with van der Waals surface area (Å²) >= 11 is 0. The van der Waals surface area contributed by atoms with Crippen molar-refractivity contribution in [1.29, 1.82) is 0 Å². The molecule has 0 bridgehead atoms. The Morgan fingerprint density at radius 3 is 2.48 bits per heavy atom. The summed E-state index contributed by atoms with van der Waals surface area (Å²) in [5.41, 5.74) is 0.582. The molecule has 1 heterocycles. The first kappa shape index (κ1) is 14.5. The lowest BCUT2D eigenvalue weighted by molar-refractivity contribution is -0.121. The van der Waals surface area contributed by atoms with Crippen molar-refractivity contribution in [3.05, 3.63) is 64.6 Å². The number of rotatable bonds is 4. The number of esters is 1. The molecule has 6 nitrogen and oxygen atoms in total. The molecule has 0 spiro atoms. The summed E-state index contributed by atoms with van der Waals surface area (Å²) in [7, 11) is 1.60. The molecule has 1 N–H and O–H groups in total. The largest absolute Gasteiger partial charge is 0.452 e. The second-order valence-corrected chi connectivity index (χ2v) is 4.31. The number of amides is 1. The minimum atomic E-state index is -0.666. The van der Waals surface area contributed by atoms with Crippen molar-refractivity contribution in [2.45, 2.75) is 0 Å². The zero-order valence-corrected chi connectivity index (χ0v) is 11.4. The lowest BCUT2D eigenvalue weighted by atomic mass is 10.3. The number of nitrogens with one attached hydrogen (secondary N) is 1. The van der Waals surface area contributed by atoms with Crippen LogP contribution in [-0.2, 0) is 9.53 Å². The van der Waals surface area contributed by atoms with Crippen molar-refractivity contribution in [3.8, 4) is 0 Å². The van der Waals surface area contributed by atoms with Crippen LogP contribution < -0.4 is 10.5 Å². The van der Waals surface area contributed by atoms with Crippen molar-refractivity contribution in [2.75, 3.05) is 18.6 Å². The maximum absolute atomic E-state index is 11.9. The van der Waals surface area contributed by atoms with Crippen LogP contribution in [0.4, 0.5) is 5.69 Å². The average molecular weight is 286 g/mol. The number of aromatic nitrogens is 1. The maximum Gasteiger partial charge on any atom is 0.340 e. The van der Waals surface area contributed by atoms with Crippen molar-refractivity contribution in [1.82, 2.24) is 4.98 Å². The Bertz CT molecular complexity index is 674. The fourth-order valence-electron chi connectivity index (χ4n) is 1.64. The number of aromatic amines is 1. The van der Waals surface area contributed by atoms with Gasteiger partial charge in [0, 0.05) is 25.0 Å². The molecule has 1 amide bonds. The van der Waals surface area contributed by atoms with E-state index in [4.69, 9.17) is 4.74 Å². The normalized spacial score (nSPS) is 9.95. The van der Waals surface area contributed by atoms with E-state index in [2.05, 4.69) is 4.98 Å².